The number of cyclic esters (lactones) is 1. The highest BCUT2D eigenvalue weighted by Gasteiger charge is 2.08. The maximum absolute atomic E-state index is 11.1. The molecule has 0 saturated heterocycles. The van der Waals surface area contributed by atoms with Crippen molar-refractivity contribution in [3.05, 3.63) is 12.2 Å². The average molecular weight is 168 g/mol. The van der Waals surface area contributed by atoms with Gasteiger partial charge in [0.25, 0.3) is 0 Å². The molecule has 0 aromatic rings. The second-order valence-electron chi connectivity index (χ2n) is 3.24. The van der Waals surface area contributed by atoms with Crippen molar-refractivity contribution in [2.24, 2.45) is 0 Å². The normalized spacial score (nSPS) is 26.4. The summed E-state index contributed by atoms with van der Waals surface area (Å²) in [6, 6.07) is 0. The molecule has 1 rings (SSSR count). The second kappa shape index (κ2) is 4.96. The van der Waals surface area contributed by atoms with E-state index in [-0.39, 0.29) is 12.1 Å². The van der Waals surface area contributed by atoms with Crippen molar-refractivity contribution in [1.82, 2.24) is 0 Å². The fourth-order valence-electron chi connectivity index (χ4n) is 1.27. The van der Waals surface area contributed by atoms with Crippen LogP contribution in [0.3, 0.4) is 0 Å². The van der Waals surface area contributed by atoms with Crippen molar-refractivity contribution in [1.29, 1.82) is 0 Å². The number of allylic oxidation sites excluding steroid dienone is 2. The van der Waals surface area contributed by atoms with E-state index in [2.05, 4.69) is 12.2 Å². The Morgan fingerprint density at radius 1 is 1.42 bits per heavy atom. The summed E-state index contributed by atoms with van der Waals surface area (Å²) in [4.78, 5) is 11.1. The van der Waals surface area contributed by atoms with Crippen LogP contribution < -0.4 is 0 Å². The lowest BCUT2D eigenvalue weighted by atomic mass is 10.1. The predicted octanol–water partition coefficient (Wildman–Crippen LogP) is 2.44. The highest BCUT2D eigenvalue weighted by atomic mass is 16.5. The maximum Gasteiger partial charge on any atom is 0.306 e. The third kappa shape index (κ3) is 3.56. The van der Waals surface area contributed by atoms with Gasteiger partial charge >= 0.3 is 5.97 Å². The highest BCUT2D eigenvalue weighted by molar-refractivity contribution is 5.69. The van der Waals surface area contributed by atoms with Crippen LogP contribution in [0.4, 0.5) is 0 Å². The van der Waals surface area contributed by atoms with E-state index in [0.717, 1.165) is 25.7 Å². The zero-order chi connectivity index (χ0) is 8.81. The van der Waals surface area contributed by atoms with Crippen LogP contribution in [0.5, 0.6) is 0 Å². The Balaban J connectivity index is 2.40. The first-order chi connectivity index (χ1) is 5.79. The molecule has 0 aromatic heterocycles. The molecule has 1 atom stereocenters. The predicted molar refractivity (Wildman–Crippen MR) is 47.8 cm³/mol. The number of rotatable bonds is 0. The van der Waals surface area contributed by atoms with Crippen molar-refractivity contribution in [3.8, 4) is 0 Å². The van der Waals surface area contributed by atoms with E-state index in [1.807, 2.05) is 6.92 Å². The average Bonchev–Trinajstić information content (AvgIpc) is 2.02. The smallest absolute Gasteiger partial charge is 0.306 e. The molecule has 0 aliphatic carbocycles. The Morgan fingerprint density at radius 3 is 3.00 bits per heavy atom. The molecule has 0 saturated carbocycles. The first-order valence-corrected chi connectivity index (χ1v) is 4.63. The third-order valence-corrected chi connectivity index (χ3v) is 1.99. The molecule has 0 bridgehead atoms. The fraction of sp³-hybridized carbons (Fsp3) is 0.700. The summed E-state index contributed by atoms with van der Waals surface area (Å²) < 4.78 is 5.15. The van der Waals surface area contributed by atoms with Gasteiger partial charge in [0.1, 0.15) is 0 Å². The summed E-state index contributed by atoms with van der Waals surface area (Å²) in [7, 11) is 0. The monoisotopic (exact) mass is 168 g/mol. The molecule has 2 heteroatoms. The van der Waals surface area contributed by atoms with Crippen LogP contribution in [-0.4, -0.2) is 12.1 Å². The maximum atomic E-state index is 11.1. The molecule has 12 heavy (non-hydrogen) atoms. The lowest BCUT2D eigenvalue weighted by Crippen LogP contribution is -2.14. The molecule has 0 aromatic carbocycles. The van der Waals surface area contributed by atoms with Gasteiger partial charge < -0.3 is 4.74 Å². The van der Waals surface area contributed by atoms with Gasteiger partial charge in [0.15, 0.2) is 0 Å². The Bertz CT molecular complexity index is 173. The summed E-state index contributed by atoms with van der Waals surface area (Å²) in [5.74, 6) is -0.0437. The SMILES string of the molecule is CC1CCC=CCCCC(=O)O1. The van der Waals surface area contributed by atoms with Gasteiger partial charge in [-0.3, -0.25) is 4.79 Å². The van der Waals surface area contributed by atoms with E-state index < -0.39 is 0 Å². The molecular weight excluding hydrogens is 152 g/mol. The molecule has 0 N–H and O–H groups in total. The van der Waals surface area contributed by atoms with Crippen LogP contribution in [0.15, 0.2) is 12.2 Å². The van der Waals surface area contributed by atoms with Crippen LogP contribution in [0.1, 0.15) is 39.0 Å². The van der Waals surface area contributed by atoms with Crippen molar-refractivity contribution in [2.45, 2.75) is 45.1 Å². The minimum absolute atomic E-state index is 0.0437. The topological polar surface area (TPSA) is 26.3 Å². The van der Waals surface area contributed by atoms with Gasteiger partial charge in [-0.15, -0.1) is 0 Å². The Hall–Kier alpha value is -0.790. The molecular formula is C10H16O2. The number of carbonyl (C=O) groups is 1. The molecule has 0 radical (unpaired) electrons. The number of ether oxygens (including phenoxy) is 1. The van der Waals surface area contributed by atoms with Gasteiger partial charge in [-0.1, -0.05) is 12.2 Å². The molecule has 0 fully saturated rings. The largest absolute Gasteiger partial charge is 0.463 e. The standard InChI is InChI=1S/C10H16O2/c1-9-7-5-3-2-4-6-8-10(11)12-9/h2-3,9H,4-8H2,1H3. The minimum Gasteiger partial charge on any atom is -0.463 e. The van der Waals surface area contributed by atoms with E-state index in [4.69, 9.17) is 4.74 Å². The van der Waals surface area contributed by atoms with Gasteiger partial charge in [0.05, 0.1) is 6.10 Å². The van der Waals surface area contributed by atoms with Crippen LogP contribution >= 0.6 is 0 Å². The van der Waals surface area contributed by atoms with Crippen molar-refractivity contribution < 1.29 is 9.53 Å². The quantitative estimate of drug-likeness (QED) is 0.410. The lowest BCUT2D eigenvalue weighted by molar-refractivity contribution is -0.148. The van der Waals surface area contributed by atoms with Gasteiger partial charge in [-0.2, -0.15) is 0 Å². The molecule has 2 nitrogen and oxygen atoms in total. The van der Waals surface area contributed by atoms with E-state index in [1.165, 1.54) is 0 Å². The number of hydrogen-bond donors (Lipinski definition) is 0. The van der Waals surface area contributed by atoms with Gasteiger partial charge in [-0.05, 0) is 32.6 Å². The molecule has 1 heterocycles. The molecule has 0 amide bonds. The fourth-order valence-corrected chi connectivity index (χ4v) is 1.27. The number of hydrogen-bond acceptors (Lipinski definition) is 2. The highest BCUT2D eigenvalue weighted by Crippen LogP contribution is 2.09. The Kier molecular flexibility index (Phi) is 3.85. The Labute approximate surface area is 73.6 Å². The molecule has 0 spiro atoms. The van der Waals surface area contributed by atoms with E-state index in [9.17, 15) is 4.79 Å². The van der Waals surface area contributed by atoms with E-state index in [1.54, 1.807) is 0 Å². The summed E-state index contributed by atoms with van der Waals surface area (Å²) >= 11 is 0. The van der Waals surface area contributed by atoms with Gasteiger partial charge in [0.2, 0.25) is 0 Å². The van der Waals surface area contributed by atoms with Crippen LogP contribution in [-0.2, 0) is 9.53 Å². The first kappa shape index (κ1) is 9.30. The summed E-state index contributed by atoms with van der Waals surface area (Å²) in [5.41, 5.74) is 0. The van der Waals surface area contributed by atoms with Gasteiger partial charge in [0, 0.05) is 6.42 Å². The summed E-state index contributed by atoms with van der Waals surface area (Å²) in [5, 5.41) is 0. The summed E-state index contributed by atoms with van der Waals surface area (Å²) in [6.07, 6.45) is 8.87. The zero-order valence-corrected chi connectivity index (χ0v) is 7.58. The van der Waals surface area contributed by atoms with Crippen LogP contribution in [0.2, 0.25) is 0 Å². The number of carbonyl (C=O) groups excluding carboxylic acids is 1. The minimum atomic E-state index is -0.0437. The second-order valence-corrected chi connectivity index (χ2v) is 3.24. The molecule has 1 aliphatic heterocycles. The molecule has 1 aliphatic rings. The van der Waals surface area contributed by atoms with Crippen LogP contribution in [0.25, 0.3) is 0 Å². The van der Waals surface area contributed by atoms with E-state index >= 15 is 0 Å². The van der Waals surface area contributed by atoms with Gasteiger partial charge in [-0.25, -0.2) is 0 Å². The van der Waals surface area contributed by atoms with Crippen molar-refractivity contribution in [2.75, 3.05) is 0 Å². The van der Waals surface area contributed by atoms with Crippen LogP contribution in [0, 0.1) is 0 Å². The lowest BCUT2D eigenvalue weighted by Gasteiger charge is -2.12. The molecule has 1 unspecified atom stereocenters. The number of esters is 1. The summed E-state index contributed by atoms with van der Waals surface area (Å²) in [6.45, 7) is 1.95. The third-order valence-electron chi connectivity index (χ3n) is 1.99. The Morgan fingerprint density at radius 2 is 2.17 bits per heavy atom. The zero-order valence-electron chi connectivity index (χ0n) is 7.58. The first-order valence-electron chi connectivity index (χ1n) is 4.63. The van der Waals surface area contributed by atoms with E-state index in [0.29, 0.717) is 6.42 Å². The van der Waals surface area contributed by atoms with Crippen molar-refractivity contribution in [3.63, 3.8) is 0 Å². The van der Waals surface area contributed by atoms with Crippen molar-refractivity contribution >= 4 is 5.97 Å². The molecule has 68 valence electrons.